The normalized spacial score (nSPS) is 13.0. The first-order valence-corrected chi connectivity index (χ1v) is 9.09. The fraction of sp³-hybridized carbons (Fsp3) is 0.455. The highest BCUT2D eigenvalue weighted by atomic mass is 35.5. The summed E-state index contributed by atoms with van der Waals surface area (Å²) in [5.41, 5.74) is 5.98. The maximum absolute atomic E-state index is 10.3. The van der Waals surface area contributed by atoms with Crippen LogP contribution in [0.2, 0.25) is 0 Å². The van der Waals surface area contributed by atoms with E-state index in [-0.39, 0.29) is 18.4 Å². The third kappa shape index (κ3) is 6.31. The highest BCUT2D eigenvalue weighted by Gasteiger charge is 2.13. The largest absolute Gasteiger partial charge is 0.490 e. The monoisotopic (exact) mass is 377 g/mol. The van der Waals surface area contributed by atoms with Crippen LogP contribution < -0.4 is 10.1 Å². The van der Waals surface area contributed by atoms with Crippen molar-refractivity contribution in [1.29, 1.82) is 0 Å². The minimum Gasteiger partial charge on any atom is -0.490 e. The summed E-state index contributed by atoms with van der Waals surface area (Å²) in [4.78, 5) is 0. The molecule has 0 aliphatic carbocycles. The maximum atomic E-state index is 10.3. The van der Waals surface area contributed by atoms with Gasteiger partial charge in [0.25, 0.3) is 0 Å². The van der Waals surface area contributed by atoms with Crippen molar-refractivity contribution in [1.82, 2.24) is 5.32 Å². The van der Waals surface area contributed by atoms with Gasteiger partial charge >= 0.3 is 0 Å². The fourth-order valence-electron chi connectivity index (χ4n) is 3.21. The molecule has 2 atom stereocenters. The van der Waals surface area contributed by atoms with Crippen LogP contribution in [-0.4, -0.2) is 24.4 Å². The summed E-state index contributed by atoms with van der Waals surface area (Å²) in [6.45, 7) is 11.2. The van der Waals surface area contributed by atoms with Gasteiger partial charge in [-0.25, -0.2) is 0 Å². The molecular formula is C22H32ClNO2. The van der Waals surface area contributed by atoms with Gasteiger partial charge in [0, 0.05) is 12.6 Å². The SMILES string of the molecule is CCC(NCC(O)COc1c(C)cc(C)cc1C)c1ccc(C)cc1.Cl. The molecule has 2 aromatic carbocycles. The summed E-state index contributed by atoms with van der Waals surface area (Å²) >= 11 is 0. The summed E-state index contributed by atoms with van der Waals surface area (Å²) in [7, 11) is 0. The van der Waals surface area contributed by atoms with Gasteiger partial charge in [0.05, 0.1) is 0 Å². The Hall–Kier alpha value is -1.55. The molecule has 0 aromatic heterocycles. The first-order chi connectivity index (χ1) is 11.9. The molecule has 0 amide bonds. The summed E-state index contributed by atoms with van der Waals surface area (Å²) < 4.78 is 5.88. The average molecular weight is 378 g/mol. The van der Waals surface area contributed by atoms with Crippen LogP contribution >= 0.6 is 12.4 Å². The molecule has 0 saturated carbocycles. The lowest BCUT2D eigenvalue weighted by atomic mass is 10.0. The number of benzene rings is 2. The molecular weight excluding hydrogens is 346 g/mol. The first-order valence-electron chi connectivity index (χ1n) is 9.09. The van der Waals surface area contributed by atoms with Gasteiger partial charge in [-0.2, -0.15) is 0 Å². The quantitative estimate of drug-likeness (QED) is 0.692. The highest BCUT2D eigenvalue weighted by Crippen LogP contribution is 2.24. The highest BCUT2D eigenvalue weighted by molar-refractivity contribution is 5.85. The molecule has 2 unspecified atom stereocenters. The third-order valence-electron chi connectivity index (χ3n) is 4.51. The van der Waals surface area contributed by atoms with Crippen molar-refractivity contribution >= 4 is 12.4 Å². The van der Waals surface area contributed by atoms with E-state index in [1.807, 2.05) is 13.8 Å². The van der Waals surface area contributed by atoms with Gasteiger partial charge in [-0.05, 0) is 50.8 Å². The van der Waals surface area contributed by atoms with Gasteiger partial charge in [0.15, 0.2) is 0 Å². The van der Waals surface area contributed by atoms with Gasteiger partial charge in [-0.1, -0.05) is 54.4 Å². The van der Waals surface area contributed by atoms with Crippen molar-refractivity contribution in [2.75, 3.05) is 13.2 Å². The average Bonchev–Trinajstić information content (AvgIpc) is 2.56. The second-order valence-corrected chi connectivity index (χ2v) is 6.97. The van der Waals surface area contributed by atoms with Crippen LogP contribution in [0.3, 0.4) is 0 Å². The first kappa shape index (κ1) is 22.5. The summed E-state index contributed by atoms with van der Waals surface area (Å²) in [6, 6.07) is 13.0. The molecule has 4 heteroatoms. The molecule has 2 aromatic rings. The van der Waals surface area contributed by atoms with E-state index in [0.717, 1.165) is 23.3 Å². The van der Waals surface area contributed by atoms with Gasteiger partial charge in [0.2, 0.25) is 0 Å². The number of nitrogens with one attached hydrogen (secondary N) is 1. The van der Waals surface area contributed by atoms with Crippen molar-refractivity contribution in [3.8, 4) is 5.75 Å². The molecule has 3 nitrogen and oxygen atoms in total. The summed E-state index contributed by atoms with van der Waals surface area (Å²) in [6.07, 6.45) is 0.437. The van der Waals surface area contributed by atoms with Crippen LogP contribution in [0.25, 0.3) is 0 Å². The number of rotatable bonds is 8. The molecule has 26 heavy (non-hydrogen) atoms. The molecule has 0 aliphatic heterocycles. The van der Waals surface area contributed by atoms with Crippen molar-refractivity contribution in [3.63, 3.8) is 0 Å². The molecule has 2 rings (SSSR count). The van der Waals surface area contributed by atoms with E-state index in [2.05, 4.69) is 62.5 Å². The maximum Gasteiger partial charge on any atom is 0.125 e. The minimum absolute atomic E-state index is 0. The number of halogens is 1. The number of ether oxygens (including phenoxy) is 1. The zero-order valence-electron chi connectivity index (χ0n) is 16.5. The zero-order chi connectivity index (χ0) is 18.4. The lowest BCUT2D eigenvalue weighted by molar-refractivity contribution is 0.102. The standard InChI is InChI=1S/C22H31NO2.ClH/c1-6-21(19-9-7-15(2)8-10-19)23-13-20(24)14-25-22-17(4)11-16(3)12-18(22)5;/h7-12,20-21,23-24H,6,13-14H2,1-5H3;1H. The van der Waals surface area contributed by atoms with Crippen LogP contribution in [0.5, 0.6) is 5.75 Å². The fourth-order valence-corrected chi connectivity index (χ4v) is 3.21. The van der Waals surface area contributed by atoms with Crippen LogP contribution in [0.1, 0.15) is 47.2 Å². The van der Waals surface area contributed by atoms with Crippen LogP contribution in [0, 0.1) is 27.7 Å². The Morgan fingerprint density at radius 1 is 0.962 bits per heavy atom. The predicted octanol–water partition coefficient (Wildman–Crippen LogP) is 4.82. The summed E-state index contributed by atoms with van der Waals surface area (Å²) in [5, 5.41) is 13.7. The number of aliphatic hydroxyl groups excluding tert-OH is 1. The smallest absolute Gasteiger partial charge is 0.125 e. The van der Waals surface area contributed by atoms with Gasteiger partial charge in [-0.3, -0.25) is 0 Å². The molecule has 0 fully saturated rings. The van der Waals surface area contributed by atoms with Crippen molar-refractivity contribution in [3.05, 3.63) is 64.2 Å². The zero-order valence-corrected chi connectivity index (χ0v) is 17.3. The third-order valence-corrected chi connectivity index (χ3v) is 4.51. The van der Waals surface area contributed by atoms with E-state index in [1.165, 1.54) is 16.7 Å². The second kappa shape index (κ2) is 10.6. The molecule has 0 heterocycles. The van der Waals surface area contributed by atoms with Crippen LogP contribution in [0.4, 0.5) is 0 Å². The Morgan fingerprint density at radius 3 is 2.08 bits per heavy atom. The Morgan fingerprint density at radius 2 is 1.54 bits per heavy atom. The number of aryl methyl sites for hydroxylation is 4. The number of hydrogen-bond acceptors (Lipinski definition) is 3. The van der Waals surface area contributed by atoms with E-state index >= 15 is 0 Å². The van der Waals surface area contributed by atoms with Crippen LogP contribution in [-0.2, 0) is 0 Å². The lowest BCUT2D eigenvalue weighted by Gasteiger charge is -2.21. The van der Waals surface area contributed by atoms with E-state index in [1.54, 1.807) is 0 Å². The Balaban J connectivity index is 0.00000338. The molecule has 0 saturated heterocycles. The molecule has 2 N–H and O–H groups in total. The Bertz CT molecular complexity index is 662. The van der Waals surface area contributed by atoms with Crippen molar-refractivity contribution < 1.29 is 9.84 Å². The number of hydrogen-bond donors (Lipinski definition) is 2. The molecule has 0 spiro atoms. The molecule has 0 radical (unpaired) electrons. The van der Waals surface area contributed by atoms with E-state index in [0.29, 0.717) is 13.2 Å². The van der Waals surface area contributed by atoms with Gasteiger partial charge < -0.3 is 15.2 Å². The van der Waals surface area contributed by atoms with E-state index in [4.69, 9.17) is 4.74 Å². The van der Waals surface area contributed by atoms with E-state index in [9.17, 15) is 5.11 Å². The van der Waals surface area contributed by atoms with Gasteiger partial charge in [-0.15, -0.1) is 12.4 Å². The molecule has 0 bridgehead atoms. The lowest BCUT2D eigenvalue weighted by Crippen LogP contribution is -2.34. The van der Waals surface area contributed by atoms with Crippen molar-refractivity contribution in [2.45, 2.75) is 53.2 Å². The predicted molar refractivity (Wildman–Crippen MR) is 112 cm³/mol. The summed E-state index contributed by atoms with van der Waals surface area (Å²) in [5.74, 6) is 0.884. The second-order valence-electron chi connectivity index (χ2n) is 6.97. The molecule has 144 valence electrons. The van der Waals surface area contributed by atoms with Gasteiger partial charge in [0.1, 0.15) is 18.5 Å². The van der Waals surface area contributed by atoms with Crippen LogP contribution in [0.15, 0.2) is 36.4 Å². The Labute approximate surface area is 164 Å². The number of aliphatic hydroxyl groups is 1. The van der Waals surface area contributed by atoms with E-state index < -0.39 is 6.10 Å². The van der Waals surface area contributed by atoms with Crippen molar-refractivity contribution in [2.24, 2.45) is 0 Å². The minimum atomic E-state index is -0.542. The topological polar surface area (TPSA) is 41.5 Å². The Kier molecular flexibility index (Phi) is 9.14. The molecule has 0 aliphatic rings.